The van der Waals surface area contributed by atoms with Crippen LogP contribution in [0.1, 0.15) is 11.5 Å². The van der Waals surface area contributed by atoms with Gasteiger partial charge in [0.15, 0.2) is 0 Å². The van der Waals surface area contributed by atoms with Crippen LogP contribution < -0.4 is 15.4 Å². The van der Waals surface area contributed by atoms with Crippen LogP contribution in [0.2, 0.25) is 0 Å². The van der Waals surface area contributed by atoms with Crippen molar-refractivity contribution >= 4 is 24.0 Å². The van der Waals surface area contributed by atoms with Crippen LogP contribution in [0.15, 0.2) is 36.7 Å². The maximum Gasteiger partial charge on any atom is 0.387 e. The Morgan fingerprint density at radius 3 is 2.68 bits per heavy atom. The first-order valence-electron chi connectivity index (χ1n) is 7.58. The fraction of sp³-hybridized carbons (Fsp3) is 0.375. The Labute approximate surface area is 150 Å². The highest BCUT2D eigenvalue weighted by Crippen LogP contribution is 2.29. The number of carbonyl (C=O) groups excluding carboxylic acids is 1. The van der Waals surface area contributed by atoms with Crippen LogP contribution in [0.25, 0.3) is 0 Å². The Kier molecular flexibility index (Phi) is 6.33. The van der Waals surface area contributed by atoms with E-state index in [-0.39, 0.29) is 35.9 Å². The molecule has 1 aliphatic rings. The van der Waals surface area contributed by atoms with Gasteiger partial charge < -0.3 is 15.4 Å². The molecule has 0 bridgehead atoms. The van der Waals surface area contributed by atoms with Gasteiger partial charge in [0.1, 0.15) is 5.75 Å². The quantitative estimate of drug-likeness (QED) is 0.845. The molecule has 0 aliphatic carbocycles. The number of amides is 1. The van der Waals surface area contributed by atoms with Crippen LogP contribution in [0.5, 0.6) is 5.75 Å². The summed E-state index contributed by atoms with van der Waals surface area (Å²) in [6.07, 6.45) is 3.68. The summed E-state index contributed by atoms with van der Waals surface area (Å²) in [6, 6.07) is 5.87. The zero-order valence-electron chi connectivity index (χ0n) is 13.5. The lowest BCUT2D eigenvalue weighted by molar-refractivity contribution is -0.119. The Hall–Kier alpha value is -2.19. The van der Waals surface area contributed by atoms with Gasteiger partial charge in [-0.3, -0.25) is 9.48 Å². The molecule has 1 amide bonds. The molecule has 2 heterocycles. The number of carbonyl (C=O) groups is 1. The molecule has 0 radical (unpaired) electrons. The molecule has 136 valence electrons. The number of nitrogens with zero attached hydrogens (tertiary/aromatic N) is 2. The smallest absolute Gasteiger partial charge is 0.387 e. The number of anilines is 1. The summed E-state index contributed by atoms with van der Waals surface area (Å²) in [4.78, 5) is 12.5. The van der Waals surface area contributed by atoms with E-state index in [1.165, 1.54) is 24.3 Å². The monoisotopic (exact) mass is 372 g/mol. The zero-order chi connectivity index (χ0) is 17.1. The molecule has 2 aromatic rings. The van der Waals surface area contributed by atoms with Crippen molar-refractivity contribution in [2.45, 2.75) is 12.5 Å². The predicted octanol–water partition coefficient (Wildman–Crippen LogP) is 2.39. The summed E-state index contributed by atoms with van der Waals surface area (Å²) in [5.41, 5.74) is 1.56. The number of hydrogen-bond acceptors (Lipinski definition) is 4. The van der Waals surface area contributed by atoms with Crippen molar-refractivity contribution in [2.75, 3.05) is 18.4 Å². The number of rotatable bonds is 5. The number of aryl methyl sites for hydroxylation is 1. The highest BCUT2D eigenvalue weighted by atomic mass is 35.5. The van der Waals surface area contributed by atoms with Crippen molar-refractivity contribution in [1.29, 1.82) is 0 Å². The molecule has 9 heteroatoms. The number of alkyl halides is 2. The van der Waals surface area contributed by atoms with Crippen molar-refractivity contribution in [2.24, 2.45) is 13.0 Å². The first-order valence-corrected chi connectivity index (χ1v) is 7.58. The Bertz CT molecular complexity index is 708. The lowest BCUT2D eigenvalue weighted by Gasteiger charge is -2.17. The summed E-state index contributed by atoms with van der Waals surface area (Å²) in [7, 11) is 1.84. The highest BCUT2D eigenvalue weighted by Gasteiger charge is 2.34. The Morgan fingerprint density at radius 1 is 1.36 bits per heavy atom. The number of aromatic nitrogens is 2. The second-order valence-corrected chi connectivity index (χ2v) is 5.71. The summed E-state index contributed by atoms with van der Waals surface area (Å²) >= 11 is 0. The van der Waals surface area contributed by atoms with E-state index in [0.717, 1.165) is 5.56 Å². The van der Waals surface area contributed by atoms with Crippen LogP contribution in [-0.4, -0.2) is 35.4 Å². The third kappa shape index (κ3) is 4.67. The molecule has 0 spiro atoms. The van der Waals surface area contributed by atoms with Gasteiger partial charge in [-0.05, 0) is 29.8 Å². The van der Waals surface area contributed by atoms with Gasteiger partial charge in [-0.15, -0.1) is 12.4 Å². The van der Waals surface area contributed by atoms with Gasteiger partial charge in [-0.25, -0.2) is 0 Å². The first-order chi connectivity index (χ1) is 11.5. The number of nitrogens with one attached hydrogen (secondary N) is 2. The van der Waals surface area contributed by atoms with Crippen LogP contribution in [-0.2, 0) is 11.8 Å². The number of hydrogen-bond donors (Lipinski definition) is 2. The molecule has 3 rings (SSSR count). The first kappa shape index (κ1) is 19.1. The number of benzene rings is 1. The average Bonchev–Trinajstić information content (AvgIpc) is 3.17. The molecule has 1 aliphatic heterocycles. The van der Waals surface area contributed by atoms with Crippen LogP contribution in [0, 0.1) is 5.92 Å². The predicted molar refractivity (Wildman–Crippen MR) is 91.3 cm³/mol. The number of halogens is 3. The molecule has 2 atom stereocenters. The Morgan fingerprint density at radius 2 is 2.08 bits per heavy atom. The van der Waals surface area contributed by atoms with E-state index < -0.39 is 6.61 Å². The van der Waals surface area contributed by atoms with Gasteiger partial charge in [-0.2, -0.15) is 13.9 Å². The third-order valence-electron chi connectivity index (χ3n) is 4.05. The fourth-order valence-corrected chi connectivity index (χ4v) is 2.89. The molecule has 1 aromatic heterocycles. The molecular weight excluding hydrogens is 354 g/mol. The number of ether oxygens (including phenoxy) is 1. The van der Waals surface area contributed by atoms with Crippen molar-refractivity contribution in [3.05, 3.63) is 42.2 Å². The van der Waals surface area contributed by atoms with E-state index in [4.69, 9.17) is 0 Å². The largest absolute Gasteiger partial charge is 0.435 e. The van der Waals surface area contributed by atoms with E-state index in [0.29, 0.717) is 18.8 Å². The average molecular weight is 373 g/mol. The highest BCUT2D eigenvalue weighted by molar-refractivity contribution is 5.93. The van der Waals surface area contributed by atoms with E-state index in [1.54, 1.807) is 10.9 Å². The molecular formula is C16H19ClF2N4O2. The summed E-state index contributed by atoms with van der Waals surface area (Å²) < 4.78 is 30.3. The summed E-state index contributed by atoms with van der Waals surface area (Å²) in [6.45, 7) is -1.57. The molecule has 6 nitrogen and oxygen atoms in total. The SMILES string of the molecule is Cl.Cn1cc([C@H]2CNC[C@@H]2C(=O)Nc2ccc(OC(F)F)cc2)cn1. The van der Waals surface area contributed by atoms with Gasteiger partial charge in [0.05, 0.1) is 12.1 Å². The lowest BCUT2D eigenvalue weighted by atomic mass is 9.90. The van der Waals surface area contributed by atoms with E-state index in [9.17, 15) is 13.6 Å². The van der Waals surface area contributed by atoms with Crippen molar-refractivity contribution in [1.82, 2.24) is 15.1 Å². The molecule has 0 saturated carbocycles. The Balaban J connectivity index is 0.00000225. The normalized spacial score (nSPS) is 19.5. The molecule has 1 saturated heterocycles. The van der Waals surface area contributed by atoms with Gasteiger partial charge in [-0.1, -0.05) is 0 Å². The van der Waals surface area contributed by atoms with Gasteiger partial charge in [0, 0.05) is 37.9 Å². The van der Waals surface area contributed by atoms with Crippen molar-refractivity contribution < 1.29 is 18.3 Å². The molecule has 1 fully saturated rings. The van der Waals surface area contributed by atoms with Crippen molar-refractivity contribution in [3.8, 4) is 5.75 Å². The minimum Gasteiger partial charge on any atom is -0.435 e. The van der Waals surface area contributed by atoms with Crippen molar-refractivity contribution in [3.63, 3.8) is 0 Å². The zero-order valence-corrected chi connectivity index (χ0v) is 14.3. The minimum absolute atomic E-state index is 0. The minimum atomic E-state index is -2.87. The van der Waals surface area contributed by atoms with E-state index in [1.807, 2.05) is 13.2 Å². The third-order valence-corrected chi connectivity index (χ3v) is 4.05. The second-order valence-electron chi connectivity index (χ2n) is 5.71. The molecule has 0 unspecified atom stereocenters. The van der Waals surface area contributed by atoms with Crippen LogP contribution in [0.4, 0.5) is 14.5 Å². The van der Waals surface area contributed by atoms with Gasteiger partial charge >= 0.3 is 6.61 Å². The van der Waals surface area contributed by atoms with Gasteiger partial charge in [0.25, 0.3) is 0 Å². The van der Waals surface area contributed by atoms with Gasteiger partial charge in [0.2, 0.25) is 5.91 Å². The maximum absolute atomic E-state index is 12.5. The summed E-state index contributed by atoms with van der Waals surface area (Å²) in [5.74, 6) is -0.221. The van der Waals surface area contributed by atoms with Crippen LogP contribution in [0.3, 0.4) is 0 Å². The lowest BCUT2D eigenvalue weighted by Crippen LogP contribution is -2.28. The molecule has 1 aromatic carbocycles. The molecule has 25 heavy (non-hydrogen) atoms. The standard InChI is InChI=1S/C16H18F2N4O2.ClH/c1-22-9-10(6-20-22)13-7-19-8-14(13)15(23)21-11-2-4-12(5-3-11)24-16(17)18;/h2-6,9,13-14,16,19H,7-8H2,1H3,(H,21,23);1H/t13-,14+;/m1./s1. The molecule has 2 N–H and O–H groups in total. The maximum atomic E-state index is 12.5. The topological polar surface area (TPSA) is 68.2 Å². The van der Waals surface area contributed by atoms with Crippen LogP contribution >= 0.6 is 12.4 Å². The summed E-state index contributed by atoms with van der Waals surface area (Å²) in [5, 5.41) is 10.2. The second kappa shape index (κ2) is 8.26. The fourth-order valence-electron chi connectivity index (χ4n) is 2.89. The van der Waals surface area contributed by atoms with E-state index in [2.05, 4.69) is 20.5 Å². The van der Waals surface area contributed by atoms with E-state index >= 15 is 0 Å².